The maximum atomic E-state index is 7.98. The molecule has 1 rings (SSSR count). The predicted molar refractivity (Wildman–Crippen MR) is 51.1 cm³/mol. The van der Waals surface area contributed by atoms with E-state index in [0.29, 0.717) is 6.10 Å². The van der Waals surface area contributed by atoms with Crippen LogP contribution >= 0.6 is 0 Å². The first-order chi connectivity index (χ1) is 5.76. The van der Waals surface area contributed by atoms with E-state index in [1.54, 1.807) is 12.2 Å². The SMILES string of the molecule is CC=CCO.CCC1COC1C. The quantitative estimate of drug-likeness (QED) is 0.645. The van der Waals surface area contributed by atoms with E-state index in [1.807, 2.05) is 6.92 Å². The van der Waals surface area contributed by atoms with Crippen molar-refractivity contribution in [2.45, 2.75) is 33.3 Å². The topological polar surface area (TPSA) is 29.5 Å². The van der Waals surface area contributed by atoms with Crippen LogP contribution in [0.25, 0.3) is 0 Å². The monoisotopic (exact) mass is 172 g/mol. The van der Waals surface area contributed by atoms with Gasteiger partial charge in [-0.15, -0.1) is 0 Å². The third-order valence-corrected chi connectivity index (χ3v) is 2.10. The molecule has 72 valence electrons. The number of aliphatic hydroxyl groups excluding tert-OH is 1. The van der Waals surface area contributed by atoms with Crippen LogP contribution in [0.4, 0.5) is 0 Å². The van der Waals surface area contributed by atoms with Crippen LogP contribution in [0.2, 0.25) is 0 Å². The van der Waals surface area contributed by atoms with Crippen molar-refractivity contribution in [3.63, 3.8) is 0 Å². The van der Waals surface area contributed by atoms with Gasteiger partial charge >= 0.3 is 0 Å². The number of hydrogen-bond donors (Lipinski definition) is 1. The minimum Gasteiger partial charge on any atom is -0.392 e. The molecule has 0 spiro atoms. The maximum absolute atomic E-state index is 7.98. The molecule has 2 unspecified atom stereocenters. The van der Waals surface area contributed by atoms with Crippen molar-refractivity contribution in [2.24, 2.45) is 5.92 Å². The Morgan fingerprint density at radius 2 is 2.25 bits per heavy atom. The lowest BCUT2D eigenvalue weighted by atomic mass is 9.97. The van der Waals surface area contributed by atoms with Crippen molar-refractivity contribution in [3.05, 3.63) is 12.2 Å². The molecule has 2 heteroatoms. The van der Waals surface area contributed by atoms with Gasteiger partial charge in [-0.25, -0.2) is 0 Å². The molecule has 0 saturated carbocycles. The molecule has 1 N–H and O–H groups in total. The average molecular weight is 172 g/mol. The fourth-order valence-corrected chi connectivity index (χ4v) is 0.980. The molecule has 12 heavy (non-hydrogen) atoms. The first kappa shape index (κ1) is 11.7. The lowest BCUT2D eigenvalue weighted by Gasteiger charge is -2.33. The second-order valence-electron chi connectivity index (χ2n) is 2.96. The Hall–Kier alpha value is -0.340. The number of aliphatic hydroxyl groups is 1. The Bertz CT molecular complexity index is 119. The Labute approximate surface area is 75.2 Å². The molecule has 1 aliphatic heterocycles. The van der Waals surface area contributed by atoms with Crippen molar-refractivity contribution < 1.29 is 9.84 Å². The van der Waals surface area contributed by atoms with E-state index >= 15 is 0 Å². The predicted octanol–water partition coefficient (Wildman–Crippen LogP) is 1.99. The minimum atomic E-state index is 0.163. The summed E-state index contributed by atoms with van der Waals surface area (Å²) in [5.41, 5.74) is 0. The summed E-state index contributed by atoms with van der Waals surface area (Å²) in [4.78, 5) is 0. The number of hydrogen-bond acceptors (Lipinski definition) is 2. The van der Waals surface area contributed by atoms with Gasteiger partial charge in [0.1, 0.15) is 0 Å². The van der Waals surface area contributed by atoms with E-state index < -0.39 is 0 Å². The molecule has 1 saturated heterocycles. The van der Waals surface area contributed by atoms with Gasteiger partial charge < -0.3 is 9.84 Å². The molecule has 0 aliphatic carbocycles. The molecule has 0 radical (unpaired) electrons. The van der Waals surface area contributed by atoms with Gasteiger partial charge in [-0.05, 0) is 20.3 Å². The van der Waals surface area contributed by atoms with Crippen molar-refractivity contribution >= 4 is 0 Å². The highest BCUT2D eigenvalue weighted by molar-refractivity contribution is 4.74. The molecule has 2 nitrogen and oxygen atoms in total. The van der Waals surface area contributed by atoms with Gasteiger partial charge in [-0.1, -0.05) is 19.1 Å². The Morgan fingerprint density at radius 1 is 1.58 bits per heavy atom. The summed E-state index contributed by atoms with van der Waals surface area (Å²) in [5.74, 6) is 0.861. The average Bonchev–Trinajstić information content (AvgIpc) is 2.05. The number of rotatable bonds is 2. The summed E-state index contributed by atoms with van der Waals surface area (Å²) in [6.45, 7) is 7.38. The van der Waals surface area contributed by atoms with E-state index in [2.05, 4.69) is 13.8 Å². The number of allylic oxidation sites excluding steroid dienone is 1. The summed E-state index contributed by atoms with van der Waals surface area (Å²) in [5, 5.41) is 7.98. The van der Waals surface area contributed by atoms with Gasteiger partial charge in [-0.2, -0.15) is 0 Å². The molecule has 0 bridgehead atoms. The van der Waals surface area contributed by atoms with Gasteiger partial charge in [0.15, 0.2) is 0 Å². The molecular formula is C10H20O2. The third kappa shape index (κ3) is 4.52. The van der Waals surface area contributed by atoms with Gasteiger partial charge in [0.25, 0.3) is 0 Å². The van der Waals surface area contributed by atoms with Crippen molar-refractivity contribution in [2.75, 3.05) is 13.2 Å². The van der Waals surface area contributed by atoms with Crippen LogP contribution in [0.15, 0.2) is 12.2 Å². The first-order valence-electron chi connectivity index (χ1n) is 4.59. The second-order valence-corrected chi connectivity index (χ2v) is 2.96. The summed E-state index contributed by atoms with van der Waals surface area (Å²) < 4.78 is 5.13. The molecule has 0 aromatic heterocycles. The van der Waals surface area contributed by atoms with Gasteiger partial charge in [-0.3, -0.25) is 0 Å². The minimum absolute atomic E-state index is 0.163. The van der Waals surface area contributed by atoms with Crippen molar-refractivity contribution in [3.8, 4) is 0 Å². The highest BCUT2D eigenvalue weighted by Gasteiger charge is 2.25. The molecule has 0 aromatic carbocycles. The van der Waals surface area contributed by atoms with Crippen molar-refractivity contribution in [1.29, 1.82) is 0 Å². The second kappa shape index (κ2) is 7.32. The summed E-state index contributed by atoms with van der Waals surface area (Å²) in [6.07, 6.45) is 5.31. The normalized spacial score (nSPS) is 27.7. The summed E-state index contributed by atoms with van der Waals surface area (Å²) in [7, 11) is 0. The largest absolute Gasteiger partial charge is 0.392 e. The maximum Gasteiger partial charge on any atom is 0.0612 e. The fraction of sp³-hybridized carbons (Fsp3) is 0.800. The van der Waals surface area contributed by atoms with Crippen LogP contribution in [-0.2, 0) is 4.74 Å². The zero-order valence-electron chi connectivity index (χ0n) is 8.29. The Balaban J connectivity index is 0.000000217. The Morgan fingerprint density at radius 3 is 2.25 bits per heavy atom. The lowest BCUT2D eigenvalue weighted by molar-refractivity contribution is -0.103. The van der Waals surface area contributed by atoms with Crippen LogP contribution in [-0.4, -0.2) is 24.4 Å². The van der Waals surface area contributed by atoms with E-state index in [-0.39, 0.29) is 6.61 Å². The summed E-state index contributed by atoms with van der Waals surface area (Å²) in [6, 6.07) is 0. The Kier molecular flexibility index (Phi) is 7.11. The van der Waals surface area contributed by atoms with E-state index in [4.69, 9.17) is 9.84 Å². The first-order valence-corrected chi connectivity index (χ1v) is 4.59. The zero-order chi connectivity index (χ0) is 9.40. The molecule has 1 aliphatic rings. The molecular weight excluding hydrogens is 152 g/mol. The zero-order valence-corrected chi connectivity index (χ0v) is 8.29. The van der Waals surface area contributed by atoms with Crippen LogP contribution in [0.1, 0.15) is 27.2 Å². The highest BCUT2D eigenvalue weighted by Crippen LogP contribution is 2.21. The standard InChI is InChI=1S/C6H12O.C4H8O/c1-3-6-4-7-5(6)2;1-2-3-4-5/h5-6H,3-4H2,1-2H3;2-3,5H,4H2,1H3. The van der Waals surface area contributed by atoms with E-state index in [1.165, 1.54) is 6.42 Å². The molecule has 1 fully saturated rings. The smallest absolute Gasteiger partial charge is 0.0612 e. The number of ether oxygens (including phenoxy) is 1. The van der Waals surface area contributed by atoms with Gasteiger partial charge in [0.05, 0.1) is 19.3 Å². The fourth-order valence-electron chi connectivity index (χ4n) is 0.980. The summed E-state index contributed by atoms with van der Waals surface area (Å²) >= 11 is 0. The van der Waals surface area contributed by atoms with Crippen molar-refractivity contribution in [1.82, 2.24) is 0 Å². The van der Waals surface area contributed by atoms with Crippen LogP contribution in [0.5, 0.6) is 0 Å². The highest BCUT2D eigenvalue weighted by atomic mass is 16.5. The van der Waals surface area contributed by atoms with E-state index in [9.17, 15) is 0 Å². The van der Waals surface area contributed by atoms with Gasteiger partial charge in [0, 0.05) is 5.92 Å². The van der Waals surface area contributed by atoms with Crippen LogP contribution < -0.4 is 0 Å². The third-order valence-electron chi connectivity index (χ3n) is 2.10. The molecule has 0 amide bonds. The molecule has 2 atom stereocenters. The van der Waals surface area contributed by atoms with Crippen LogP contribution in [0.3, 0.4) is 0 Å². The van der Waals surface area contributed by atoms with Crippen LogP contribution in [0, 0.1) is 5.92 Å². The van der Waals surface area contributed by atoms with Gasteiger partial charge in [0.2, 0.25) is 0 Å². The lowest BCUT2D eigenvalue weighted by Crippen LogP contribution is -2.36. The van der Waals surface area contributed by atoms with E-state index in [0.717, 1.165) is 12.5 Å². The molecule has 1 heterocycles. The molecule has 0 aromatic rings.